The van der Waals surface area contributed by atoms with Gasteiger partial charge in [0.1, 0.15) is 0 Å². The summed E-state index contributed by atoms with van der Waals surface area (Å²) in [6, 6.07) is 1.95. The Bertz CT molecular complexity index is 528. The average Bonchev–Trinajstić information content (AvgIpc) is 2.60. The summed E-state index contributed by atoms with van der Waals surface area (Å²) in [5.74, 6) is 0. The van der Waals surface area contributed by atoms with Crippen LogP contribution in [0.15, 0.2) is 18.5 Å². The lowest BCUT2D eigenvalue weighted by atomic mass is 10.1. The molecule has 0 atom stereocenters. The molecule has 0 unspecified atom stereocenters. The maximum Gasteiger partial charge on any atom is 0.0965 e. The van der Waals surface area contributed by atoms with Gasteiger partial charge in [-0.05, 0) is 25.0 Å². The van der Waals surface area contributed by atoms with Crippen molar-refractivity contribution in [2.45, 2.75) is 26.7 Å². The fourth-order valence-corrected chi connectivity index (χ4v) is 1.97. The van der Waals surface area contributed by atoms with Gasteiger partial charge in [0.05, 0.1) is 17.1 Å². The summed E-state index contributed by atoms with van der Waals surface area (Å²) < 4.78 is 1.82. The highest BCUT2D eigenvalue weighted by atomic mass is 15.3. The fourth-order valence-electron chi connectivity index (χ4n) is 1.97. The van der Waals surface area contributed by atoms with Gasteiger partial charge < -0.3 is 5.73 Å². The Labute approximate surface area is 101 Å². The Hall–Kier alpha value is -1.84. The summed E-state index contributed by atoms with van der Waals surface area (Å²) in [5, 5.41) is 4.46. The number of pyridine rings is 1. The van der Waals surface area contributed by atoms with Gasteiger partial charge in [-0.3, -0.25) is 9.67 Å². The van der Waals surface area contributed by atoms with Gasteiger partial charge in [-0.25, -0.2) is 0 Å². The van der Waals surface area contributed by atoms with Crippen molar-refractivity contribution in [1.82, 2.24) is 14.8 Å². The van der Waals surface area contributed by atoms with Crippen molar-refractivity contribution in [1.29, 1.82) is 0 Å². The predicted molar refractivity (Wildman–Crippen MR) is 69.6 cm³/mol. The topological polar surface area (TPSA) is 56.7 Å². The molecule has 0 aliphatic rings. The van der Waals surface area contributed by atoms with E-state index in [1.165, 1.54) is 0 Å². The lowest BCUT2D eigenvalue weighted by Crippen LogP contribution is -1.96. The molecule has 4 nitrogen and oxygen atoms in total. The van der Waals surface area contributed by atoms with Crippen molar-refractivity contribution >= 4 is 5.69 Å². The molecule has 2 heterocycles. The van der Waals surface area contributed by atoms with Gasteiger partial charge >= 0.3 is 0 Å². The number of rotatable bonds is 3. The quantitative estimate of drug-likeness (QED) is 0.880. The molecule has 2 aromatic rings. The van der Waals surface area contributed by atoms with Crippen LogP contribution in [0.3, 0.4) is 0 Å². The smallest absolute Gasteiger partial charge is 0.0965 e. The zero-order chi connectivity index (χ0) is 12.4. The SMILES string of the molecule is CCCc1nn(C)cc1-c1ncc(C)cc1N. The van der Waals surface area contributed by atoms with E-state index < -0.39 is 0 Å². The lowest BCUT2D eigenvalue weighted by molar-refractivity contribution is 0.733. The van der Waals surface area contributed by atoms with E-state index >= 15 is 0 Å². The number of hydrogen-bond donors (Lipinski definition) is 1. The summed E-state index contributed by atoms with van der Waals surface area (Å²) in [5.41, 5.74) is 10.8. The molecule has 0 fully saturated rings. The highest BCUT2D eigenvalue weighted by molar-refractivity contribution is 5.74. The summed E-state index contributed by atoms with van der Waals surface area (Å²) >= 11 is 0. The van der Waals surface area contributed by atoms with E-state index in [1.54, 1.807) is 0 Å². The van der Waals surface area contributed by atoms with Crippen LogP contribution in [0, 0.1) is 6.92 Å². The largest absolute Gasteiger partial charge is 0.397 e. The average molecular weight is 230 g/mol. The molecular weight excluding hydrogens is 212 g/mol. The molecule has 0 aliphatic heterocycles. The zero-order valence-electron chi connectivity index (χ0n) is 10.6. The molecule has 4 heteroatoms. The summed E-state index contributed by atoms with van der Waals surface area (Å²) in [7, 11) is 1.92. The van der Waals surface area contributed by atoms with Crippen molar-refractivity contribution in [2.75, 3.05) is 5.73 Å². The van der Waals surface area contributed by atoms with Crippen molar-refractivity contribution in [3.63, 3.8) is 0 Å². The van der Waals surface area contributed by atoms with Crippen LogP contribution in [-0.2, 0) is 13.5 Å². The zero-order valence-corrected chi connectivity index (χ0v) is 10.6. The first-order valence-electron chi connectivity index (χ1n) is 5.86. The molecule has 0 saturated heterocycles. The van der Waals surface area contributed by atoms with Crippen molar-refractivity contribution in [3.05, 3.63) is 29.7 Å². The van der Waals surface area contributed by atoms with Crippen molar-refractivity contribution in [3.8, 4) is 11.3 Å². The Morgan fingerprint density at radius 2 is 2.18 bits per heavy atom. The van der Waals surface area contributed by atoms with Gasteiger partial charge in [-0.2, -0.15) is 5.10 Å². The second-order valence-corrected chi connectivity index (χ2v) is 4.36. The molecule has 17 heavy (non-hydrogen) atoms. The Morgan fingerprint density at radius 3 is 2.82 bits per heavy atom. The number of anilines is 1. The Morgan fingerprint density at radius 1 is 1.41 bits per heavy atom. The summed E-state index contributed by atoms with van der Waals surface area (Å²) in [4.78, 5) is 4.43. The molecule has 0 spiro atoms. The second-order valence-electron chi connectivity index (χ2n) is 4.36. The van der Waals surface area contributed by atoms with Crippen LogP contribution < -0.4 is 5.73 Å². The van der Waals surface area contributed by atoms with E-state index in [-0.39, 0.29) is 0 Å². The third kappa shape index (κ3) is 2.30. The third-order valence-corrected chi connectivity index (χ3v) is 2.70. The van der Waals surface area contributed by atoms with Crippen LogP contribution in [0.5, 0.6) is 0 Å². The highest BCUT2D eigenvalue weighted by Crippen LogP contribution is 2.27. The minimum absolute atomic E-state index is 0.718. The monoisotopic (exact) mass is 230 g/mol. The van der Waals surface area contributed by atoms with Gasteiger partial charge in [-0.15, -0.1) is 0 Å². The molecule has 0 saturated carbocycles. The molecule has 2 rings (SSSR count). The summed E-state index contributed by atoms with van der Waals surface area (Å²) in [6.07, 6.45) is 5.84. The predicted octanol–water partition coefficient (Wildman–Crippen LogP) is 2.33. The van der Waals surface area contributed by atoms with Crippen molar-refractivity contribution in [2.24, 2.45) is 7.05 Å². The van der Waals surface area contributed by atoms with E-state index in [0.717, 1.165) is 41.0 Å². The van der Waals surface area contributed by atoms with Gasteiger partial charge in [0.25, 0.3) is 0 Å². The van der Waals surface area contributed by atoms with Crippen LogP contribution in [-0.4, -0.2) is 14.8 Å². The minimum Gasteiger partial charge on any atom is -0.397 e. The normalized spacial score (nSPS) is 10.8. The molecule has 90 valence electrons. The van der Waals surface area contributed by atoms with E-state index in [9.17, 15) is 0 Å². The van der Waals surface area contributed by atoms with Crippen molar-refractivity contribution < 1.29 is 0 Å². The van der Waals surface area contributed by atoms with Crippen LogP contribution in [0.1, 0.15) is 24.6 Å². The number of hydrogen-bond acceptors (Lipinski definition) is 3. The van der Waals surface area contributed by atoms with Gasteiger partial charge in [0.15, 0.2) is 0 Å². The molecule has 2 aromatic heterocycles. The molecule has 0 bridgehead atoms. The number of aromatic nitrogens is 3. The number of aryl methyl sites for hydroxylation is 3. The molecule has 0 aliphatic carbocycles. The van der Waals surface area contributed by atoms with Crippen LogP contribution in [0.4, 0.5) is 5.69 Å². The Kier molecular flexibility index (Phi) is 3.13. The lowest BCUT2D eigenvalue weighted by Gasteiger charge is -2.05. The van der Waals surface area contributed by atoms with Gasteiger partial charge in [0, 0.05) is 25.0 Å². The van der Waals surface area contributed by atoms with Gasteiger partial charge in [-0.1, -0.05) is 13.3 Å². The fraction of sp³-hybridized carbons (Fsp3) is 0.385. The standard InChI is InChI=1S/C13H18N4/c1-4-5-12-10(8-17(3)16-12)13-11(14)6-9(2)7-15-13/h6-8H,4-5,14H2,1-3H3. The number of nitrogens with two attached hydrogens (primary N) is 1. The number of nitrogens with zero attached hydrogens (tertiary/aromatic N) is 3. The minimum atomic E-state index is 0.718. The molecule has 0 radical (unpaired) electrons. The van der Waals surface area contributed by atoms with Crippen LogP contribution >= 0.6 is 0 Å². The van der Waals surface area contributed by atoms with E-state index in [2.05, 4.69) is 17.0 Å². The first-order chi connectivity index (χ1) is 8.11. The van der Waals surface area contributed by atoms with Gasteiger partial charge in [0.2, 0.25) is 0 Å². The maximum absolute atomic E-state index is 6.03. The molecule has 0 aromatic carbocycles. The third-order valence-electron chi connectivity index (χ3n) is 2.70. The first-order valence-corrected chi connectivity index (χ1v) is 5.86. The first kappa shape index (κ1) is 11.6. The van der Waals surface area contributed by atoms with Crippen LogP contribution in [0.2, 0.25) is 0 Å². The molecular formula is C13H18N4. The van der Waals surface area contributed by atoms with Crippen LogP contribution in [0.25, 0.3) is 11.3 Å². The molecule has 0 amide bonds. The van der Waals surface area contributed by atoms with E-state index in [4.69, 9.17) is 5.73 Å². The number of nitrogen functional groups attached to an aromatic ring is 1. The van der Waals surface area contributed by atoms with E-state index in [1.807, 2.05) is 37.1 Å². The molecule has 2 N–H and O–H groups in total. The Balaban J connectivity index is 2.51. The van der Waals surface area contributed by atoms with E-state index in [0.29, 0.717) is 0 Å². The second kappa shape index (κ2) is 4.57. The summed E-state index contributed by atoms with van der Waals surface area (Å²) in [6.45, 7) is 4.13. The highest BCUT2D eigenvalue weighted by Gasteiger charge is 2.13. The maximum atomic E-state index is 6.03.